The minimum Gasteiger partial charge on any atom is -0.469 e. The molecule has 0 aromatic heterocycles. The van der Waals surface area contributed by atoms with E-state index in [1.807, 2.05) is 6.92 Å². The molecule has 0 saturated heterocycles. The summed E-state index contributed by atoms with van der Waals surface area (Å²) in [6.07, 6.45) is 4.23. The molecule has 0 bridgehead atoms. The molecule has 0 aromatic rings. The Morgan fingerprint density at radius 3 is 2.21 bits per heavy atom. The normalized spacial score (nSPS) is 51.0. The van der Waals surface area contributed by atoms with E-state index in [2.05, 4.69) is 20.8 Å². The second-order valence-corrected chi connectivity index (χ2v) is 13.0. The minimum atomic E-state index is -0.946. The van der Waals surface area contributed by atoms with E-state index in [1.165, 1.54) is 14.0 Å². The second kappa shape index (κ2) is 8.03. The summed E-state index contributed by atoms with van der Waals surface area (Å²) in [5.74, 6) is -2.18. The number of fused-ring (bicyclic) bond motifs is 5. The number of hydrogen-bond donors (Lipinski definition) is 3. The Hall–Kier alpha value is -0.980. The maximum Gasteiger partial charge on any atom is 0.310 e. The van der Waals surface area contributed by atoms with Crippen molar-refractivity contribution in [2.75, 3.05) is 13.7 Å². The summed E-state index contributed by atoms with van der Waals surface area (Å²) < 4.78 is 5.15. The molecule has 33 heavy (non-hydrogen) atoms. The van der Waals surface area contributed by atoms with Crippen molar-refractivity contribution in [3.8, 4) is 0 Å². The summed E-state index contributed by atoms with van der Waals surface area (Å²) in [6, 6.07) is 0. The van der Waals surface area contributed by atoms with Crippen molar-refractivity contribution >= 4 is 11.8 Å². The van der Waals surface area contributed by atoms with Crippen molar-refractivity contribution < 1.29 is 29.6 Å². The van der Waals surface area contributed by atoms with Crippen molar-refractivity contribution in [2.45, 2.75) is 91.8 Å². The van der Waals surface area contributed by atoms with Gasteiger partial charge in [-0.15, -0.1) is 0 Å². The molecule has 10 atom stereocenters. The first-order valence-corrected chi connectivity index (χ1v) is 12.9. The molecule has 0 unspecified atom stereocenters. The molecule has 188 valence electrons. The summed E-state index contributed by atoms with van der Waals surface area (Å²) in [6.45, 7) is 10.4. The first kappa shape index (κ1) is 25.1. The van der Waals surface area contributed by atoms with E-state index in [9.17, 15) is 24.9 Å². The summed E-state index contributed by atoms with van der Waals surface area (Å²) in [4.78, 5) is 25.7. The molecule has 4 aliphatic carbocycles. The van der Waals surface area contributed by atoms with Gasteiger partial charge in [0.1, 0.15) is 5.78 Å². The molecular weight excluding hydrogens is 420 g/mol. The third kappa shape index (κ3) is 3.22. The van der Waals surface area contributed by atoms with Gasteiger partial charge in [-0.05, 0) is 74.0 Å². The van der Waals surface area contributed by atoms with Gasteiger partial charge in [-0.3, -0.25) is 9.59 Å². The Morgan fingerprint density at radius 1 is 0.970 bits per heavy atom. The molecule has 0 aromatic carbocycles. The van der Waals surface area contributed by atoms with Gasteiger partial charge in [0.05, 0.1) is 31.2 Å². The van der Waals surface area contributed by atoms with E-state index >= 15 is 0 Å². The van der Waals surface area contributed by atoms with Crippen molar-refractivity contribution in [1.29, 1.82) is 0 Å². The molecule has 4 rings (SSSR count). The third-order valence-electron chi connectivity index (χ3n) is 11.4. The smallest absolute Gasteiger partial charge is 0.310 e. The van der Waals surface area contributed by atoms with Crippen LogP contribution in [0.15, 0.2) is 0 Å². The third-order valence-corrected chi connectivity index (χ3v) is 11.4. The molecule has 6 heteroatoms. The molecule has 4 fully saturated rings. The summed E-state index contributed by atoms with van der Waals surface area (Å²) in [5.41, 5.74) is -1.26. The zero-order chi connectivity index (χ0) is 24.6. The highest BCUT2D eigenvalue weighted by Crippen LogP contribution is 2.73. The van der Waals surface area contributed by atoms with Gasteiger partial charge in [0.2, 0.25) is 0 Å². The number of aliphatic hydroxyl groups is 3. The van der Waals surface area contributed by atoms with Crippen LogP contribution in [-0.2, 0) is 14.3 Å². The molecule has 0 aliphatic heterocycles. The van der Waals surface area contributed by atoms with Crippen LogP contribution >= 0.6 is 0 Å². The van der Waals surface area contributed by atoms with Crippen molar-refractivity contribution in [2.24, 2.45) is 51.2 Å². The fraction of sp³-hybridized carbons (Fsp3) is 0.926. The van der Waals surface area contributed by atoms with Crippen LogP contribution in [0.5, 0.6) is 0 Å². The van der Waals surface area contributed by atoms with Crippen LogP contribution in [-0.4, -0.2) is 53.0 Å². The second-order valence-electron chi connectivity index (χ2n) is 13.0. The van der Waals surface area contributed by atoms with Gasteiger partial charge in [-0.2, -0.15) is 0 Å². The predicted molar refractivity (Wildman–Crippen MR) is 124 cm³/mol. The highest BCUT2D eigenvalue weighted by Gasteiger charge is 2.72. The van der Waals surface area contributed by atoms with E-state index in [0.717, 1.165) is 32.1 Å². The molecule has 6 nitrogen and oxygen atoms in total. The number of carbonyl (C=O) groups excluding carboxylic acids is 2. The van der Waals surface area contributed by atoms with Gasteiger partial charge in [-0.1, -0.05) is 34.1 Å². The quantitative estimate of drug-likeness (QED) is 0.554. The lowest BCUT2D eigenvalue weighted by Crippen LogP contribution is -2.71. The largest absolute Gasteiger partial charge is 0.469 e. The fourth-order valence-electron chi connectivity index (χ4n) is 10.00. The number of Topliss-reactive ketones (excluding diaryl/α,β-unsaturated/α-hetero) is 1. The minimum absolute atomic E-state index is 0.0979. The number of aliphatic hydroxyl groups excluding tert-OH is 3. The number of ketones is 1. The summed E-state index contributed by atoms with van der Waals surface area (Å²) >= 11 is 0. The highest BCUT2D eigenvalue weighted by atomic mass is 16.5. The molecular formula is C27H44O6. The Kier molecular flexibility index (Phi) is 6.11. The average molecular weight is 465 g/mol. The van der Waals surface area contributed by atoms with Gasteiger partial charge in [0, 0.05) is 17.4 Å². The molecule has 0 amide bonds. The maximum atomic E-state index is 13.1. The number of hydrogen-bond acceptors (Lipinski definition) is 6. The SMILES string of the molecule is COC(=O)[C@H]1[C@H](C(C)=O)[C@@H](O)C[C@H]2[C@]3(C)CC[C@H]4C(C)(C)CCC[C@]4(CO)[C@H]3C[C@@H](O)[C@]12C. The van der Waals surface area contributed by atoms with Crippen LogP contribution < -0.4 is 0 Å². The number of rotatable bonds is 3. The zero-order valence-electron chi connectivity index (χ0n) is 21.3. The van der Waals surface area contributed by atoms with E-state index in [0.29, 0.717) is 18.8 Å². The van der Waals surface area contributed by atoms with Crippen LogP contribution in [0.25, 0.3) is 0 Å². The van der Waals surface area contributed by atoms with E-state index < -0.39 is 35.4 Å². The molecule has 3 N–H and O–H groups in total. The van der Waals surface area contributed by atoms with Gasteiger partial charge < -0.3 is 20.1 Å². The van der Waals surface area contributed by atoms with Crippen LogP contribution in [0.1, 0.15) is 79.6 Å². The van der Waals surface area contributed by atoms with Crippen LogP contribution in [0.4, 0.5) is 0 Å². The lowest BCUT2D eigenvalue weighted by atomic mass is 9.33. The Morgan fingerprint density at radius 2 is 1.64 bits per heavy atom. The molecule has 4 aliphatic rings. The molecule has 0 heterocycles. The molecule has 0 radical (unpaired) electrons. The fourth-order valence-corrected chi connectivity index (χ4v) is 10.00. The average Bonchev–Trinajstić information content (AvgIpc) is 2.74. The molecule has 0 spiro atoms. The van der Waals surface area contributed by atoms with Crippen molar-refractivity contribution in [1.82, 2.24) is 0 Å². The molecule has 4 saturated carbocycles. The Labute approximate surface area is 198 Å². The van der Waals surface area contributed by atoms with Gasteiger partial charge >= 0.3 is 5.97 Å². The van der Waals surface area contributed by atoms with E-state index in [1.54, 1.807) is 0 Å². The van der Waals surface area contributed by atoms with Gasteiger partial charge in [0.25, 0.3) is 0 Å². The first-order chi connectivity index (χ1) is 15.3. The van der Waals surface area contributed by atoms with Gasteiger partial charge in [-0.25, -0.2) is 0 Å². The Balaban J connectivity index is 1.85. The van der Waals surface area contributed by atoms with Crippen LogP contribution in [0.3, 0.4) is 0 Å². The topological polar surface area (TPSA) is 104 Å². The number of methoxy groups -OCH3 is 1. The van der Waals surface area contributed by atoms with Crippen LogP contribution in [0, 0.1) is 51.2 Å². The van der Waals surface area contributed by atoms with Crippen molar-refractivity contribution in [3.63, 3.8) is 0 Å². The van der Waals surface area contributed by atoms with Crippen molar-refractivity contribution in [3.05, 3.63) is 0 Å². The summed E-state index contributed by atoms with van der Waals surface area (Å²) in [5, 5.41) is 33.8. The first-order valence-electron chi connectivity index (χ1n) is 12.9. The van der Waals surface area contributed by atoms with E-state index in [4.69, 9.17) is 4.74 Å². The predicted octanol–water partition coefficient (Wildman–Crippen LogP) is 3.35. The highest BCUT2D eigenvalue weighted by molar-refractivity contribution is 5.86. The lowest BCUT2D eigenvalue weighted by molar-refractivity contribution is -0.270. The zero-order valence-corrected chi connectivity index (χ0v) is 21.3. The standard InChI is InChI=1S/C27H44O6/c1-15(29)21-16(30)12-18-25(4)11-8-17-24(2,3)9-7-10-27(17,14-28)19(25)13-20(31)26(18,5)22(21)23(32)33-6/h16-22,28,30-31H,7-14H2,1-6H3/t16-,17-,18-,19-,20+,21+,22+,25-,26+,27+/m0/s1. The monoisotopic (exact) mass is 464 g/mol. The maximum absolute atomic E-state index is 13.1. The lowest BCUT2D eigenvalue weighted by Gasteiger charge is -2.71. The number of ether oxygens (including phenoxy) is 1. The summed E-state index contributed by atoms with van der Waals surface area (Å²) in [7, 11) is 1.31. The van der Waals surface area contributed by atoms with Gasteiger partial charge in [0.15, 0.2) is 0 Å². The van der Waals surface area contributed by atoms with E-state index in [-0.39, 0.29) is 40.5 Å². The Bertz CT molecular complexity index is 808. The number of esters is 1. The number of carbonyl (C=O) groups is 2. The van der Waals surface area contributed by atoms with Crippen LogP contribution in [0.2, 0.25) is 0 Å².